The molecule has 1 aromatic carbocycles. The Balaban J connectivity index is 1.69. The number of ether oxygens (including phenoxy) is 1. The molecule has 0 spiro atoms. The number of rotatable bonds is 4. The lowest BCUT2D eigenvalue weighted by Gasteiger charge is -2.06. The number of fused-ring (bicyclic) bond motifs is 1. The van der Waals surface area contributed by atoms with Crippen molar-refractivity contribution in [3.63, 3.8) is 0 Å². The van der Waals surface area contributed by atoms with Gasteiger partial charge in [0.15, 0.2) is 5.65 Å². The summed E-state index contributed by atoms with van der Waals surface area (Å²) in [5.41, 5.74) is 0.628. The smallest absolute Gasteiger partial charge is 0.327 e. The minimum Gasteiger partial charge on any atom is -0.493 e. The molecule has 11 nitrogen and oxygen atoms in total. The van der Waals surface area contributed by atoms with E-state index in [1.165, 1.54) is 16.8 Å². The van der Waals surface area contributed by atoms with Gasteiger partial charge in [0.1, 0.15) is 17.5 Å². The van der Waals surface area contributed by atoms with Crippen molar-refractivity contribution in [2.45, 2.75) is 18.9 Å². The van der Waals surface area contributed by atoms with Gasteiger partial charge in [0.25, 0.3) is 5.62 Å². The van der Waals surface area contributed by atoms with E-state index in [1.807, 2.05) is 0 Å². The van der Waals surface area contributed by atoms with Crippen molar-refractivity contribution >= 4 is 27.7 Å². The van der Waals surface area contributed by atoms with Crippen LogP contribution in [0.25, 0.3) is 11.7 Å². The Labute approximate surface area is 181 Å². The molecule has 0 amide bonds. The van der Waals surface area contributed by atoms with Gasteiger partial charge in [0.2, 0.25) is 5.88 Å². The van der Waals surface area contributed by atoms with E-state index in [1.54, 1.807) is 18.2 Å². The molecule has 1 saturated carbocycles. The van der Waals surface area contributed by atoms with E-state index in [-0.39, 0.29) is 23.6 Å². The van der Waals surface area contributed by atoms with Crippen LogP contribution in [0.4, 0.5) is 0 Å². The van der Waals surface area contributed by atoms with Gasteiger partial charge in [-0.25, -0.2) is 9.79 Å². The fourth-order valence-electron chi connectivity index (χ4n) is 2.88. The lowest BCUT2D eigenvalue weighted by atomic mass is 10.2. The lowest BCUT2D eigenvalue weighted by Crippen LogP contribution is -2.23. The number of hydrogen-bond donors (Lipinski definition) is 3. The second-order valence-corrected chi connectivity index (χ2v) is 7.76. The van der Waals surface area contributed by atoms with E-state index in [0.29, 0.717) is 27.8 Å². The van der Waals surface area contributed by atoms with E-state index in [4.69, 9.17) is 4.74 Å². The molecule has 154 valence electrons. The molecule has 5 rings (SSSR count). The topological polar surface area (TPSA) is 157 Å². The molecule has 0 radical (unpaired) electrons. The summed E-state index contributed by atoms with van der Waals surface area (Å²) >= 11 is 3.33. The van der Waals surface area contributed by atoms with Gasteiger partial charge < -0.3 is 14.8 Å². The number of nitrogens with one attached hydrogen (secondary N) is 2. The number of imidazole rings is 1. The van der Waals surface area contributed by atoms with Crippen molar-refractivity contribution < 1.29 is 9.84 Å². The predicted octanol–water partition coefficient (Wildman–Crippen LogP) is 0.884. The molecule has 1 aliphatic rings. The zero-order valence-electron chi connectivity index (χ0n) is 15.7. The fourth-order valence-corrected chi connectivity index (χ4v) is 3.24. The molecule has 0 unspecified atom stereocenters. The van der Waals surface area contributed by atoms with Crippen LogP contribution in [-0.4, -0.2) is 40.7 Å². The van der Waals surface area contributed by atoms with Crippen LogP contribution in [0.1, 0.15) is 24.1 Å². The largest absolute Gasteiger partial charge is 0.493 e. The average Bonchev–Trinajstić information content (AvgIpc) is 3.38. The molecule has 0 aliphatic heterocycles. The van der Waals surface area contributed by atoms with Crippen LogP contribution in [0.3, 0.4) is 0 Å². The zero-order chi connectivity index (χ0) is 21.5. The third-order valence-corrected chi connectivity index (χ3v) is 4.99. The Morgan fingerprint density at radius 1 is 1.35 bits per heavy atom. The molecule has 3 heterocycles. The quantitative estimate of drug-likeness (QED) is 0.391. The number of aromatic nitrogens is 6. The van der Waals surface area contributed by atoms with E-state index >= 15 is 0 Å². The second kappa shape index (κ2) is 7.37. The first kappa shape index (κ1) is 19.0. The maximum absolute atomic E-state index is 11.4. The molecule has 31 heavy (non-hydrogen) atoms. The summed E-state index contributed by atoms with van der Waals surface area (Å²) < 4.78 is 8.02. The van der Waals surface area contributed by atoms with E-state index in [9.17, 15) is 15.2 Å². The van der Waals surface area contributed by atoms with Crippen LogP contribution in [0, 0.1) is 11.3 Å². The van der Waals surface area contributed by atoms with Crippen LogP contribution in [0.15, 0.2) is 38.7 Å². The number of aromatic amines is 2. The predicted molar refractivity (Wildman–Crippen MR) is 110 cm³/mol. The second-order valence-electron chi connectivity index (χ2n) is 6.84. The van der Waals surface area contributed by atoms with Gasteiger partial charge in [0, 0.05) is 9.69 Å². The lowest BCUT2D eigenvalue weighted by molar-refractivity contribution is 0.434. The highest BCUT2D eigenvalue weighted by Crippen LogP contribution is 2.26. The summed E-state index contributed by atoms with van der Waals surface area (Å²) in [5, 5.41) is 24.0. The number of aromatic hydroxyl groups is 1. The van der Waals surface area contributed by atoms with Crippen molar-refractivity contribution in [3.8, 4) is 23.7 Å². The van der Waals surface area contributed by atoms with Crippen LogP contribution in [0.2, 0.25) is 0 Å². The Kier molecular flexibility index (Phi) is 4.52. The van der Waals surface area contributed by atoms with Crippen LogP contribution in [-0.2, 0) is 0 Å². The van der Waals surface area contributed by atoms with Gasteiger partial charge in [-0.15, -0.1) is 0 Å². The van der Waals surface area contributed by atoms with E-state index in [0.717, 1.165) is 17.3 Å². The number of hydrogen-bond acceptors (Lipinski definition) is 8. The van der Waals surface area contributed by atoms with Crippen molar-refractivity contribution in [1.82, 2.24) is 29.5 Å². The van der Waals surface area contributed by atoms with Gasteiger partial charge >= 0.3 is 11.7 Å². The molecule has 0 saturated heterocycles. The van der Waals surface area contributed by atoms with Gasteiger partial charge in [-0.2, -0.15) is 24.8 Å². The van der Waals surface area contributed by atoms with Gasteiger partial charge in [0.05, 0.1) is 17.8 Å². The highest BCUT2D eigenvalue weighted by molar-refractivity contribution is 9.10. The number of nitriles is 1. The maximum Gasteiger partial charge on any atom is 0.327 e. The highest BCUT2D eigenvalue weighted by atomic mass is 79.9. The Hall–Kier alpha value is -3.98. The summed E-state index contributed by atoms with van der Waals surface area (Å²) in [7, 11) is 0. The molecule has 0 atom stereocenters. The van der Waals surface area contributed by atoms with Crippen molar-refractivity contribution in [2.75, 3.05) is 0 Å². The molecule has 0 bridgehead atoms. The highest BCUT2D eigenvalue weighted by Gasteiger charge is 2.21. The monoisotopic (exact) mass is 480 g/mol. The Morgan fingerprint density at radius 2 is 2.19 bits per heavy atom. The molecule has 12 heteroatoms. The SMILES string of the molecule is N#Cc1cc(Br)ccc1Oc1nc(=NC2CC2)n2nc/c(=C/c3[nH]c(=O)[nH]c3O)c2n1. The van der Waals surface area contributed by atoms with Gasteiger partial charge in [-0.05, 0) is 37.1 Å². The molecular formula is C19H13BrN8O3. The minimum atomic E-state index is -0.539. The number of halogens is 1. The van der Waals surface area contributed by atoms with Gasteiger partial charge in [-0.3, -0.25) is 4.98 Å². The fraction of sp³-hybridized carbons (Fsp3) is 0.158. The van der Waals surface area contributed by atoms with E-state index < -0.39 is 5.69 Å². The van der Waals surface area contributed by atoms with Crippen molar-refractivity contribution in [1.29, 1.82) is 5.26 Å². The van der Waals surface area contributed by atoms with E-state index in [2.05, 4.69) is 52.0 Å². The molecule has 1 aliphatic carbocycles. The third-order valence-electron chi connectivity index (χ3n) is 4.50. The van der Waals surface area contributed by atoms with Crippen LogP contribution >= 0.6 is 15.9 Å². The van der Waals surface area contributed by atoms with Crippen LogP contribution in [0.5, 0.6) is 17.6 Å². The first-order chi connectivity index (χ1) is 15.0. The molecule has 1 fully saturated rings. The summed E-state index contributed by atoms with van der Waals surface area (Å²) in [6.07, 6.45) is 4.97. The Morgan fingerprint density at radius 3 is 2.90 bits per heavy atom. The van der Waals surface area contributed by atoms with Crippen LogP contribution < -0.4 is 21.3 Å². The molecular weight excluding hydrogens is 468 g/mol. The van der Waals surface area contributed by atoms with Crippen molar-refractivity contribution in [2.24, 2.45) is 4.99 Å². The third kappa shape index (κ3) is 3.78. The first-order valence-electron chi connectivity index (χ1n) is 9.20. The first-order valence-corrected chi connectivity index (χ1v) is 9.99. The molecule has 4 aromatic rings. The van der Waals surface area contributed by atoms with Gasteiger partial charge in [-0.1, -0.05) is 15.9 Å². The standard InChI is InChI=1S/C19H13BrN8O3/c20-11-1-4-14(9(5-11)7-21)31-19-25-15-10(6-13-16(29)26-18(30)24-13)8-22-28(15)17(27-19)23-12-2-3-12/h1,4-6,8,12,29H,2-3H2,(H2,24,26,30)/b10-6-,23-17?. The normalized spacial score (nSPS) is 14.8. The summed E-state index contributed by atoms with van der Waals surface area (Å²) in [6, 6.07) is 7.24. The number of nitrogens with zero attached hydrogens (tertiary/aromatic N) is 6. The zero-order valence-corrected chi connectivity index (χ0v) is 17.3. The minimum absolute atomic E-state index is 0.00680. The summed E-state index contributed by atoms with van der Waals surface area (Å²) in [5.74, 6) is -0.00336. The molecule has 3 aromatic heterocycles. The molecule has 3 N–H and O–H groups in total. The average molecular weight is 481 g/mol. The summed E-state index contributed by atoms with van der Waals surface area (Å²) in [6.45, 7) is 0. The maximum atomic E-state index is 11.4. The summed E-state index contributed by atoms with van der Waals surface area (Å²) in [4.78, 5) is 29.5. The Bertz CT molecular complexity index is 1540. The number of benzene rings is 1. The number of H-pyrrole nitrogens is 2. The van der Waals surface area contributed by atoms with Crippen molar-refractivity contribution in [3.05, 3.63) is 61.4 Å².